The molecule has 0 aliphatic rings. The molecule has 2 aromatic rings. The molecule has 0 radical (unpaired) electrons. The number of esters is 1. The molecule has 116 valence electrons. The van der Waals surface area contributed by atoms with Gasteiger partial charge in [0.1, 0.15) is 25.2 Å². The van der Waals surface area contributed by atoms with Gasteiger partial charge >= 0.3 is 11.8 Å². The maximum atomic E-state index is 13.0. The van der Waals surface area contributed by atoms with Crippen LogP contribution in [0.15, 0.2) is 28.9 Å². The average molecular weight is 372 g/mol. The summed E-state index contributed by atoms with van der Waals surface area (Å²) in [5.41, 5.74) is 0.179. The lowest BCUT2D eigenvalue weighted by Gasteiger charge is -2.07. The van der Waals surface area contributed by atoms with Crippen molar-refractivity contribution in [1.82, 2.24) is 9.55 Å². The van der Waals surface area contributed by atoms with E-state index in [0.29, 0.717) is 5.82 Å². The molecule has 0 aliphatic carbocycles. The molecular formula is C13H11BrFN3O4. The fourth-order valence-electron chi connectivity index (χ4n) is 1.84. The Morgan fingerprint density at radius 1 is 1.55 bits per heavy atom. The first-order valence-electron chi connectivity index (χ1n) is 6.19. The minimum Gasteiger partial charge on any atom is -0.458 e. The first kappa shape index (κ1) is 16.1. The Labute approximate surface area is 133 Å². The SMILES string of the molecule is Cc1ncc([N+](=O)[O-])n1CCOC(=O)c1ccc(F)cc1Br. The highest BCUT2D eigenvalue weighted by Crippen LogP contribution is 2.19. The van der Waals surface area contributed by atoms with Crippen molar-refractivity contribution < 1.29 is 18.8 Å². The van der Waals surface area contributed by atoms with Gasteiger partial charge in [-0.05, 0) is 39.1 Å². The van der Waals surface area contributed by atoms with Gasteiger partial charge in [-0.2, -0.15) is 0 Å². The number of rotatable bonds is 5. The van der Waals surface area contributed by atoms with Crippen molar-refractivity contribution in [2.75, 3.05) is 6.61 Å². The minimum absolute atomic E-state index is 0.0688. The highest BCUT2D eigenvalue weighted by molar-refractivity contribution is 9.10. The molecule has 0 atom stereocenters. The zero-order valence-electron chi connectivity index (χ0n) is 11.5. The molecule has 9 heteroatoms. The largest absolute Gasteiger partial charge is 0.458 e. The lowest BCUT2D eigenvalue weighted by atomic mass is 10.2. The molecule has 22 heavy (non-hydrogen) atoms. The number of hydrogen-bond acceptors (Lipinski definition) is 5. The van der Waals surface area contributed by atoms with Crippen LogP contribution in [0.1, 0.15) is 16.2 Å². The van der Waals surface area contributed by atoms with E-state index in [-0.39, 0.29) is 29.0 Å². The number of aryl methyl sites for hydroxylation is 1. The molecule has 0 N–H and O–H groups in total. The summed E-state index contributed by atoms with van der Waals surface area (Å²) in [6.45, 7) is 1.65. The van der Waals surface area contributed by atoms with Crippen LogP contribution in [-0.2, 0) is 11.3 Å². The monoisotopic (exact) mass is 371 g/mol. The first-order valence-corrected chi connectivity index (χ1v) is 6.98. The molecule has 1 aromatic heterocycles. The van der Waals surface area contributed by atoms with Gasteiger partial charge in [-0.3, -0.25) is 0 Å². The number of benzene rings is 1. The number of imidazole rings is 1. The second-order valence-corrected chi connectivity index (χ2v) is 5.19. The van der Waals surface area contributed by atoms with Crippen molar-refractivity contribution in [2.24, 2.45) is 0 Å². The van der Waals surface area contributed by atoms with Crippen LogP contribution in [0.5, 0.6) is 0 Å². The number of halogens is 2. The van der Waals surface area contributed by atoms with Gasteiger partial charge in [-0.1, -0.05) is 0 Å². The minimum atomic E-state index is -0.646. The van der Waals surface area contributed by atoms with Gasteiger partial charge in [0, 0.05) is 11.4 Å². The Morgan fingerprint density at radius 3 is 2.91 bits per heavy atom. The number of ether oxygens (including phenoxy) is 1. The van der Waals surface area contributed by atoms with Crippen molar-refractivity contribution in [1.29, 1.82) is 0 Å². The molecule has 7 nitrogen and oxygen atoms in total. The van der Waals surface area contributed by atoms with Gasteiger partial charge < -0.3 is 14.9 Å². The summed E-state index contributed by atoms with van der Waals surface area (Å²) in [4.78, 5) is 26.0. The van der Waals surface area contributed by atoms with Crippen molar-refractivity contribution >= 4 is 27.7 Å². The normalized spacial score (nSPS) is 10.5. The van der Waals surface area contributed by atoms with Crippen molar-refractivity contribution in [3.8, 4) is 0 Å². The van der Waals surface area contributed by atoms with Crippen LogP contribution in [-0.4, -0.2) is 27.1 Å². The summed E-state index contributed by atoms with van der Waals surface area (Å²) in [5.74, 6) is -0.845. The lowest BCUT2D eigenvalue weighted by Crippen LogP contribution is -2.14. The lowest BCUT2D eigenvalue weighted by molar-refractivity contribution is -0.392. The second kappa shape index (κ2) is 6.65. The molecule has 0 fully saturated rings. The molecule has 0 aliphatic heterocycles. The molecule has 2 rings (SSSR count). The molecule has 1 heterocycles. The molecule has 0 amide bonds. The third-order valence-electron chi connectivity index (χ3n) is 2.92. The van der Waals surface area contributed by atoms with Gasteiger partial charge in [0.2, 0.25) is 0 Å². The second-order valence-electron chi connectivity index (χ2n) is 4.33. The zero-order valence-corrected chi connectivity index (χ0v) is 13.0. The van der Waals surface area contributed by atoms with Gasteiger partial charge in [-0.15, -0.1) is 0 Å². The Kier molecular flexibility index (Phi) is 4.86. The van der Waals surface area contributed by atoms with E-state index in [1.165, 1.54) is 10.6 Å². The number of aromatic nitrogens is 2. The maximum Gasteiger partial charge on any atom is 0.342 e. The Hall–Kier alpha value is -2.29. The smallest absolute Gasteiger partial charge is 0.342 e. The quantitative estimate of drug-likeness (QED) is 0.458. The van der Waals surface area contributed by atoms with E-state index in [1.807, 2.05) is 0 Å². The Morgan fingerprint density at radius 2 is 2.27 bits per heavy atom. The number of carbonyl (C=O) groups excluding carboxylic acids is 1. The van der Waals surface area contributed by atoms with E-state index >= 15 is 0 Å². The van der Waals surface area contributed by atoms with Crippen LogP contribution in [0.3, 0.4) is 0 Å². The predicted molar refractivity (Wildman–Crippen MR) is 78.0 cm³/mol. The average Bonchev–Trinajstić information content (AvgIpc) is 2.80. The third-order valence-corrected chi connectivity index (χ3v) is 3.58. The van der Waals surface area contributed by atoms with E-state index in [2.05, 4.69) is 20.9 Å². The molecule has 0 bridgehead atoms. The molecule has 1 aromatic carbocycles. The van der Waals surface area contributed by atoms with Gasteiger partial charge in [0.15, 0.2) is 5.82 Å². The van der Waals surface area contributed by atoms with Crippen molar-refractivity contribution in [3.63, 3.8) is 0 Å². The summed E-state index contributed by atoms with van der Waals surface area (Å²) in [6, 6.07) is 3.60. The Balaban J connectivity index is 2.01. The van der Waals surface area contributed by atoms with Crippen LogP contribution in [0, 0.1) is 22.9 Å². The third kappa shape index (κ3) is 3.48. The maximum absolute atomic E-state index is 13.0. The van der Waals surface area contributed by atoms with E-state index in [4.69, 9.17) is 4.74 Å². The summed E-state index contributed by atoms with van der Waals surface area (Å²) >= 11 is 3.08. The Bertz CT molecular complexity index is 732. The van der Waals surface area contributed by atoms with Gasteiger partial charge in [0.25, 0.3) is 0 Å². The molecule has 0 spiro atoms. The van der Waals surface area contributed by atoms with E-state index in [9.17, 15) is 19.3 Å². The zero-order chi connectivity index (χ0) is 16.3. The van der Waals surface area contributed by atoms with E-state index < -0.39 is 16.7 Å². The number of nitrogens with zero attached hydrogens (tertiary/aromatic N) is 3. The molecule has 0 unspecified atom stereocenters. The number of hydrogen-bond donors (Lipinski definition) is 0. The standard InChI is InChI=1S/C13H11BrFN3O4/c1-8-16-7-12(18(20)21)17(8)4-5-22-13(19)10-3-2-9(15)6-11(10)14/h2-3,6-7H,4-5H2,1H3. The van der Waals surface area contributed by atoms with Crippen LogP contribution < -0.4 is 0 Å². The number of nitro groups is 1. The molecular weight excluding hydrogens is 361 g/mol. The fourth-order valence-corrected chi connectivity index (χ4v) is 2.35. The molecule has 0 saturated heterocycles. The van der Waals surface area contributed by atoms with Crippen LogP contribution in [0.25, 0.3) is 0 Å². The van der Waals surface area contributed by atoms with Gasteiger partial charge in [-0.25, -0.2) is 18.7 Å². The summed E-state index contributed by atoms with van der Waals surface area (Å²) in [5, 5.41) is 10.8. The van der Waals surface area contributed by atoms with Crippen molar-refractivity contribution in [3.05, 3.63) is 56.2 Å². The molecule has 0 saturated carbocycles. The predicted octanol–water partition coefficient (Wildman–Crippen LogP) is 2.86. The summed E-state index contributed by atoms with van der Waals surface area (Å²) < 4.78 is 19.6. The first-order chi connectivity index (χ1) is 10.4. The van der Waals surface area contributed by atoms with E-state index in [0.717, 1.165) is 18.3 Å². The van der Waals surface area contributed by atoms with Crippen LogP contribution in [0.4, 0.5) is 10.2 Å². The van der Waals surface area contributed by atoms with Gasteiger partial charge in [0.05, 0.1) is 5.56 Å². The van der Waals surface area contributed by atoms with E-state index in [1.54, 1.807) is 6.92 Å². The van der Waals surface area contributed by atoms with Crippen LogP contribution >= 0.6 is 15.9 Å². The highest BCUT2D eigenvalue weighted by Gasteiger charge is 2.18. The highest BCUT2D eigenvalue weighted by atomic mass is 79.9. The summed E-state index contributed by atoms with van der Waals surface area (Å²) in [7, 11) is 0. The van der Waals surface area contributed by atoms with Crippen molar-refractivity contribution in [2.45, 2.75) is 13.5 Å². The number of carbonyl (C=O) groups is 1. The summed E-state index contributed by atoms with van der Waals surface area (Å²) in [6.07, 6.45) is 1.15. The topological polar surface area (TPSA) is 87.3 Å². The van der Waals surface area contributed by atoms with Crippen LogP contribution in [0.2, 0.25) is 0 Å². The fraction of sp³-hybridized carbons (Fsp3) is 0.231.